The Morgan fingerprint density at radius 2 is 2.19 bits per heavy atom. The highest BCUT2D eigenvalue weighted by Crippen LogP contribution is 2.29. The van der Waals surface area contributed by atoms with Crippen molar-refractivity contribution in [2.24, 2.45) is 0 Å². The molecule has 1 aromatic carbocycles. The summed E-state index contributed by atoms with van der Waals surface area (Å²) in [5.74, 6) is 0.968. The lowest BCUT2D eigenvalue weighted by atomic mass is 10.0. The van der Waals surface area contributed by atoms with Gasteiger partial charge in [-0.2, -0.15) is 5.10 Å². The lowest BCUT2D eigenvalue weighted by Crippen LogP contribution is -2.47. The van der Waals surface area contributed by atoms with Gasteiger partial charge in [0.05, 0.1) is 19.7 Å². The number of rotatable bonds is 5. The summed E-state index contributed by atoms with van der Waals surface area (Å²) >= 11 is 0. The Balaban J connectivity index is 1.74. The summed E-state index contributed by atoms with van der Waals surface area (Å²) in [7, 11) is 1.74. The molecule has 5 nitrogen and oxygen atoms in total. The lowest BCUT2D eigenvalue weighted by molar-refractivity contribution is 0.151. The van der Waals surface area contributed by atoms with Crippen LogP contribution in [0.1, 0.15) is 11.6 Å². The molecule has 0 saturated carbocycles. The molecular formula is C16H22N4O. The molecule has 0 bridgehead atoms. The van der Waals surface area contributed by atoms with Crippen molar-refractivity contribution in [3.8, 4) is 5.75 Å². The molecule has 2 aromatic rings. The summed E-state index contributed by atoms with van der Waals surface area (Å²) in [5, 5.41) is 7.77. The minimum atomic E-state index is 0.352. The van der Waals surface area contributed by atoms with E-state index in [-0.39, 0.29) is 0 Å². The molecule has 1 aliphatic rings. The van der Waals surface area contributed by atoms with Crippen molar-refractivity contribution in [2.75, 3.05) is 33.3 Å². The third-order valence-electron chi connectivity index (χ3n) is 4.03. The van der Waals surface area contributed by atoms with Crippen molar-refractivity contribution < 1.29 is 4.74 Å². The predicted octanol–water partition coefficient (Wildman–Crippen LogP) is 1.54. The summed E-state index contributed by atoms with van der Waals surface area (Å²) in [5.41, 5.74) is 1.26. The first-order valence-electron chi connectivity index (χ1n) is 7.43. The summed E-state index contributed by atoms with van der Waals surface area (Å²) in [6, 6.07) is 10.6. The van der Waals surface area contributed by atoms with E-state index in [9.17, 15) is 0 Å². The van der Waals surface area contributed by atoms with Crippen LogP contribution in [0, 0.1) is 0 Å². The first-order chi connectivity index (χ1) is 10.4. The Bertz CT molecular complexity index is 555. The number of piperazine rings is 1. The molecular weight excluding hydrogens is 264 g/mol. The molecule has 1 unspecified atom stereocenters. The number of para-hydroxylation sites is 1. The van der Waals surface area contributed by atoms with Gasteiger partial charge in [0.2, 0.25) is 0 Å². The van der Waals surface area contributed by atoms with Gasteiger partial charge in [-0.25, -0.2) is 0 Å². The largest absolute Gasteiger partial charge is 0.496 e. The molecule has 0 spiro atoms. The summed E-state index contributed by atoms with van der Waals surface area (Å²) in [4.78, 5) is 2.51. The maximum absolute atomic E-state index is 5.53. The molecule has 112 valence electrons. The number of benzene rings is 1. The number of nitrogens with zero attached hydrogens (tertiary/aromatic N) is 3. The quantitative estimate of drug-likeness (QED) is 0.905. The van der Waals surface area contributed by atoms with Crippen LogP contribution in [-0.2, 0) is 6.54 Å². The monoisotopic (exact) mass is 286 g/mol. The van der Waals surface area contributed by atoms with Crippen molar-refractivity contribution in [2.45, 2.75) is 12.6 Å². The Morgan fingerprint density at radius 3 is 3.00 bits per heavy atom. The number of ether oxygens (including phenoxy) is 1. The van der Waals surface area contributed by atoms with Crippen molar-refractivity contribution in [3.05, 3.63) is 48.3 Å². The number of hydrogen-bond acceptors (Lipinski definition) is 4. The van der Waals surface area contributed by atoms with Gasteiger partial charge in [-0.15, -0.1) is 0 Å². The predicted molar refractivity (Wildman–Crippen MR) is 82.4 cm³/mol. The fourth-order valence-corrected chi connectivity index (χ4v) is 2.93. The van der Waals surface area contributed by atoms with Crippen LogP contribution in [0.15, 0.2) is 42.7 Å². The second kappa shape index (κ2) is 6.74. The van der Waals surface area contributed by atoms with Gasteiger partial charge in [-0.1, -0.05) is 18.2 Å². The average Bonchev–Trinajstić information content (AvgIpc) is 3.06. The van der Waals surface area contributed by atoms with E-state index in [1.807, 2.05) is 35.3 Å². The molecule has 0 amide bonds. The number of aromatic nitrogens is 2. The zero-order valence-electron chi connectivity index (χ0n) is 12.4. The van der Waals surface area contributed by atoms with Crippen LogP contribution in [0.5, 0.6) is 5.75 Å². The molecule has 0 aliphatic carbocycles. The second-order valence-corrected chi connectivity index (χ2v) is 5.27. The first kappa shape index (κ1) is 14.1. The minimum Gasteiger partial charge on any atom is -0.496 e. The van der Waals surface area contributed by atoms with Crippen LogP contribution in [-0.4, -0.2) is 48.0 Å². The van der Waals surface area contributed by atoms with Crippen LogP contribution in [0.25, 0.3) is 0 Å². The zero-order chi connectivity index (χ0) is 14.5. The average molecular weight is 286 g/mol. The third kappa shape index (κ3) is 3.25. The van der Waals surface area contributed by atoms with Crippen LogP contribution in [0.4, 0.5) is 0 Å². The van der Waals surface area contributed by atoms with Crippen molar-refractivity contribution in [1.82, 2.24) is 20.0 Å². The molecule has 21 heavy (non-hydrogen) atoms. The second-order valence-electron chi connectivity index (χ2n) is 5.27. The summed E-state index contributed by atoms with van der Waals surface area (Å²) < 4.78 is 7.51. The van der Waals surface area contributed by atoms with Gasteiger partial charge in [0.1, 0.15) is 5.75 Å². The van der Waals surface area contributed by atoms with Gasteiger partial charge in [0.25, 0.3) is 0 Å². The fraction of sp³-hybridized carbons (Fsp3) is 0.438. The van der Waals surface area contributed by atoms with Crippen LogP contribution in [0.3, 0.4) is 0 Å². The minimum absolute atomic E-state index is 0.352. The van der Waals surface area contributed by atoms with Crippen molar-refractivity contribution in [3.63, 3.8) is 0 Å². The van der Waals surface area contributed by atoms with E-state index in [0.717, 1.165) is 38.5 Å². The first-order valence-corrected chi connectivity index (χ1v) is 7.43. The van der Waals surface area contributed by atoms with Crippen LogP contribution < -0.4 is 10.1 Å². The smallest absolute Gasteiger partial charge is 0.123 e. The molecule has 1 saturated heterocycles. The maximum Gasteiger partial charge on any atom is 0.123 e. The van der Waals surface area contributed by atoms with Crippen LogP contribution >= 0.6 is 0 Å². The van der Waals surface area contributed by atoms with E-state index in [4.69, 9.17) is 4.74 Å². The Kier molecular flexibility index (Phi) is 4.52. The van der Waals surface area contributed by atoms with Crippen LogP contribution in [0.2, 0.25) is 0 Å². The Hall–Kier alpha value is -1.85. The molecule has 1 atom stereocenters. The number of methoxy groups -OCH3 is 1. The van der Waals surface area contributed by atoms with Crippen molar-refractivity contribution in [1.29, 1.82) is 0 Å². The SMILES string of the molecule is COc1ccccc1C1CNCCN1CCn1cccn1. The highest BCUT2D eigenvalue weighted by atomic mass is 16.5. The van der Waals surface area contributed by atoms with E-state index < -0.39 is 0 Å². The van der Waals surface area contributed by atoms with Gasteiger partial charge in [0, 0.05) is 44.1 Å². The van der Waals surface area contributed by atoms with E-state index >= 15 is 0 Å². The number of hydrogen-bond donors (Lipinski definition) is 1. The van der Waals surface area contributed by atoms with E-state index in [1.165, 1.54) is 5.56 Å². The molecule has 2 heterocycles. The van der Waals surface area contributed by atoms with Crippen molar-refractivity contribution >= 4 is 0 Å². The molecule has 0 radical (unpaired) electrons. The molecule has 1 aliphatic heterocycles. The number of nitrogens with one attached hydrogen (secondary N) is 1. The van der Waals surface area contributed by atoms with Gasteiger partial charge >= 0.3 is 0 Å². The Morgan fingerprint density at radius 1 is 1.29 bits per heavy atom. The summed E-state index contributed by atoms with van der Waals surface area (Å²) in [6.45, 7) is 4.94. The van der Waals surface area contributed by atoms with E-state index in [2.05, 4.69) is 27.4 Å². The molecule has 1 aromatic heterocycles. The van der Waals surface area contributed by atoms with Gasteiger partial charge in [-0.05, 0) is 12.1 Å². The standard InChI is InChI=1S/C16H22N4O/c1-21-16-6-3-2-5-14(16)15-13-17-8-10-19(15)11-12-20-9-4-7-18-20/h2-7,9,15,17H,8,10-13H2,1H3. The molecule has 3 rings (SSSR count). The summed E-state index contributed by atoms with van der Waals surface area (Å²) in [6.07, 6.45) is 3.84. The third-order valence-corrected chi connectivity index (χ3v) is 4.03. The molecule has 1 N–H and O–H groups in total. The highest BCUT2D eigenvalue weighted by molar-refractivity contribution is 5.36. The Labute approximate surface area is 125 Å². The highest BCUT2D eigenvalue weighted by Gasteiger charge is 2.25. The maximum atomic E-state index is 5.53. The molecule has 5 heteroatoms. The fourth-order valence-electron chi connectivity index (χ4n) is 2.93. The van der Waals surface area contributed by atoms with E-state index in [0.29, 0.717) is 6.04 Å². The van der Waals surface area contributed by atoms with E-state index in [1.54, 1.807) is 7.11 Å². The lowest BCUT2D eigenvalue weighted by Gasteiger charge is -2.37. The van der Waals surface area contributed by atoms with Gasteiger partial charge in [-0.3, -0.25) is 9.58 Å². The normalized spacial score (nSPS) is 19.6. The zero-order valence-corrected chi connectivity index (χ0v) is 12.4. The topological polar surface area (TPSA) is 42.3 Å². The molecule has 1 fully saturated rings. The van der Waals surface area contributed by atoms with Gasteiger partial charge < -0.3 is 10.1 Å². The van der Waals surface area contributed by atoms with Gasteiger partial charge in [0.15, 0.2) is 0 Å².